The molecule has 0 heterocycles. The Kier molecular flexibility index (Phi) is 3.23. The van der Waals surface area contributed by atoms with Gasteiger partial charge in [0.05, 0.1) is 11.6 Å². The second-order valence-corrected chi connectivity index (χ2v) is 5.32. The number of hydrogen-bond donors (Lipinski definition) is 0. The fourth-order valence-electron chi connectivity index (χ4n) is 2.75. The Balaban J connectivity index is 2.94. The quantitative estimate of drug-likeness (QED) is 0.514. The molecule has 0 radical (unpaired) electrons. The van der Waals surface area contributed by atoms with E-state index in [1.54, 1.807) is 12.2 Å². The summed E-state index contributed by atoms with van der Waals surface area (Å²) in [6, 6.07) is -0.0756. The molecule has 15 heavy (non-hydrogen) atoms. The smallest absolute Gasteiger partial charge is 0.211 e. The monoisotopic (exact) mass is 208 g/mol. The maximum absolute atomic E-state index is 10.4. The molecular weight excluding hydrogens is 192 g/mol. The van der Waals surface area contributed by atoms with Crippen molar-refractivity contribution >= 4 is 12.2 Å². The summed E-state index contributed by atoms with van der Waals surface area (Å²) in [5, 5.41) is 0. The van der Waals surface area contributed by atoms with Crippen molar-refractivity contribution in [3.8, 4) is 0 Å². The molecule has 0 amide bonds. The van der Waals surface area contributed by atoms with E-state index in [2.05, 4.69) is 23.8 Å². The molecule has 0 aromatic rings. The third-order valence-electron chi connectivity index (χ3n) is 2.87. The van der Waals surface area contributed by atoms with Gasteiger partial charge in [-0.3, -0.25) is 0 Å². The van der Waals surface area contributed by atoms with Gasteiger partial charge in [0.2, 0.25) is 12.2 Å². The molecule has 82 valence electrons. The predicted molar refractivity (Wildman–Crippen MR) is 56.1 cm³/mol. The molecule has 0 N–H and O–H groups in total. The summed E-state index contributed by atoms with van der Waals surface area (Å²) in [6.07, 6.45) is 5.49. The number of hydrogen-bond acceptors (Lipinski definition) is 4. The van der Waals surface area contributed by atoms with Crippen molar-refractivity contribution in [3.63, 3.8) is 0 Å². The number of rotatable bonds is 2. The molecule has 1 rings (SSSR count). The van der Waals surface area contributed by atoms with Crippen LogP contribution in [0.1, 0.15) is 40.0 Å². The van der Waals surface area contributed by atoms with Crippen LogP contribution in [0.25, 0.3) is 0 Å². The van der Waals surface area contributed by atoms with E-state index in [1.807, 2.05) is 6.92 Å². The molecule has 0 bridgehead atoms. The van der Waals surface area contributed by atoms with Crippen LogP contribution in [0.2, 0.25) is 0 Å². The Morgan fingerprint density at radius 2 is 1.80 bits per heavy atom. The minimum Gasteiger partial charge on any atom is -0.211 e. The SMILES string of the molecule is CC1(C)CC(N=C=O)CC(C)(N=C=O)C1. The van der Waals surface area contributed by atoms with Gasteiger partial charge in [-0.2, -0.15) is 4.99 Å². The Bertz CT molecular complexity index is 338. The van der Waals surface area contributed by atoms with Gasteiger partial charge >= 0.3 is 0 Å². The highest BCUT2D eigenvalue weighted by molar-refractivity contribution is 5.36. The first kappa shape index (κ1) is 11.8. The minimum atomic E-state index is -0.436. The highest BCUT2D eigenvalue weighted by Crippen LogP contribution is 2.43. The first-order valence-corrected chi connectivity index (χ1v) is 5.07. The molecule has 0 aromatic carbocycles. The van der Waals surface area contributed by atoms with E-state index in [0.717, 1.165) is 12.8 Å². The molecule has 1 aliphatic carbocycles. The molecule has 0 aliphatic heterocycles. The lowest BCUT2D eigenvalue weighted by Crippen LogP contribution is -2.40. The summed E-state index contributed by atoms with van der Waals surface area (Å²) in [7, 11) is 0. The number of nitrogens with zero attached hydrogens (tertiary/aromatic N) is 2. The summed E-state index contributed by atoms with van der Waals surface area (Å²) in [4.78, 5) is 28.2. The lowest BCUT2D eigenvalue weighted by Gasteiger charge is -2.41. The lowest BCUT2D eigenvalue weighted by atomic mass is 9.67. The standard InChI is InChI=1S/C11H16N2O2/c1-10(2)4-9(12-7-14)5-11(3,6-10)13-8-15/h9H,4-6H2,1-3H3. The van der Waals surface area contributed by atoms with Crippen LogP contribution in [0.3, 0.4) is 0 Å². The summed E-state index contributed by atoms with van der Waals surface area (Å²) in [6.45, 7) is 6.10. The summed E-state index contributed by atoms with van der Waals surface area (Å²) < 4.78 is 0. The molecular formula is C11H16N2O2. The van der Waals surface area contributed by atoms with Gasteiger partial charge < -0.3 is 0 Å². The van der Waals surface area contributed by atoms with Crippen molar-refractivity contribution < 1.29 is 9.59 Å². The first-order chi connectivity index (χ1) is 6.91. The van der Waals surface area contributed by atoms with E-state index in [4.69, 9.17) is 0 Å². The van der Waals surface area contributed by atoms with Gasteiger partial charge in [0.25, 0.3) is 0 Å². The lowest BCUT2D eigenvalue weighted by molar-refractivity contribution is 0.147. The van der Waals surface area contributed by atoms with E-state index in [0.29, 0.717) is 6.42 Å². The molecule has 1 saturated carbocycles. The van der Waals surface area contributed by atoms with E-state index in [9.17, 15) is 9.59 Å². The van der Waals surface area contributed by atoms with Crippen molar-refractivity contribution in [2.24, 2.45) is 15.4 Å². The van der Waals surface area contributed by atoms with Crippen LogP contribution in [-0.2, 0) is 9.59 Å². The Hall–Kier alpha value is -1.24. The Labute approximate surface area is 89.5 Å². The third kappa shape index (κ3) is 3.12. The number of aliphatic imine (C=N–C) groups is 2. The Morgan fingerprint density at radius 3 is 2.33 bits per heavy atom. The predicted octanol–water partition coefficient (Wildman–Crippen LogP) is 2.00. The molecule has 4 heteroatoms. The second kappa shape index (κ2) is 4.09. The van der Waals surface area contributed by atoms with Crippen molar-refractivity contribution in [1.82, 2.24) is 0 Å². The van der Waals surface area contributed by atoms with Gasteiger partial charge in [-0.25, -0.2) is 14.6 Å². The van der Waals surface area contributed by atoms with Gasteiger partial charge in [-0.15, -0.1) is 0 Å². The molecule has 4 nitrogen and oxygen atoms in total. The van der Waals surface area contributed by atoms with Gasteiger partial charge in [-0.1, -0.05) is 13.8 Å². The van der Waals surface area contributed by atoms with Crippen LogP contribution < -0.4 is 0 Å². The Morgan fingerprint density at radius 1 is 1.13 bits per heavy atom. The molecule has 0 aromatic heterocycles. The maximum atomic E-state index is 10.4. The first-order valence-electron chi connectivity index (χ1n) is 5.07. The van der Waals surface area contributed by atoms with Crippen molar-refractivity contribution in [1.29, 1.82) is 0 Å². The van der Waals surface area contributed by atoms with Gasteiger partial charge in [-0.05, 0) is 31.6 Å². The second-order valence-electron chi connectivity index (χ2n) is 5.32. The van der Waals surface area contributed by atoms with Crippen LogP contribution in [0, 0.1) is 5.41 Å². The fraction of sp³-hybridized carbons (Fsp3) is 0.818. The molecule has 1 aliphatic rings. The topological polar surface area (TPSA) is 58.9 Å². The van der Waals surface area contributed by atoms with Gasteiger partial charge in [0.1, 0.15) is 0 Å². The van der Waals surface area contributed by atoms with E-state index in [1.165, 1.54) is 0 Å². The van der Waals surface area contributed by atoms with Gasteiger partial charge in [0.15, 0.2) is 0 Å². The molecule has 1 fully saturated rings. The summed E-state index contributed by atoms with van der Waals surface area (Å²) >= 11 is 0. The fourth-order valence-corrected chi connectivity index (χ4v) is 2.75. The minimum absolute atomic E-state index is 0.0400. The van der Waals surface area contributed by atoms with Crippen molar-refractivity contribution in [2.75, 3.05) is 0 Å². The van der Waals surface area contributed by atoms with Crippen LogP contribution in [0.5, 0.6) is 0 Å². The zero-order valence-electron chi connectivity index (χ0n) is 9.41. The average molecular weight is 208 g/mol. The van der Waals surface area contributed by atoms with Crippen LogP contribution in [-0.4, -0.2) is 23.7 Å². The van der Waals surface area contributed by atoms with Crippen molar-refractivity contribution in [2.45, 2.75) is 51.6 Å². The van der Waals surface area contributed by atoms with Crippen molar-refractivity contribution in [3.05, 3.63) is 0 Å². The van der Waals surface area contributed by atoms with Crippen LogP contribution in [0.15, 0.2) is 9.98 Å². The highest BCUT2D eigenvalue weighted by atomic mass is 16.1. The summed E-state index contributed by atoms with van der Waals surface area (Å²) in [5.41, 5.74) is -0.396. The molecule has 2 atom stereocenters. The average Bonchev–Trinajstić information content (AvgIpc) is 1.99. The summed E-state index contributed by atoms with van der Waals surface area (Å²) in [5.74, 6) is 0. The molecule has 2 unspecified atom stereocenters. The number of carbonyl (C=O) groups excluding carboxylic acids is 2. The van der Waals surface area contributed by atoms with Gasteiger partial charge in [0, 0.05) is 0 Å². The zero-order valence-corrected chi connectivity index (χ0v) is 9.41. The molecule has 0 spiro atoms. The number of isocyanates is 2. The zero-order chi connectivity index (χ0) is 11.5. The molecule has 0 saturated heterocycles. The third-order valence-corrected chi connectivity index (χ3v) is 2.87. The normalized spacial score (nSPS) is 33.7. The van der Waals surface area contributed by atoms with E-state index in [-0.39, 0.29) is 11.5 Å². The largest absolute Gasteiger partial charge is 0.235 e. The van der Waals surface area contributed by atoms with E-state index >= 15 is 0 Å². The van der Waals surface area contributed by atoms with E-state index < -0.39 is 5.54 Å². The van der Waals surface area contributed by atoms with Crippen LogP contribution in [0.4, 0.5) is 0 Å². The van der Waals surface area contributed by atoms with Crippen LogP contribution >= 0.6 is 0 Å². The highest BCUT2D eigenvalue weighted by Gasteiger charge is 2.41. The maximum Gasteiger partial charge on any atom is 0.235 e.